The monoisotopic (exact) mass is 385 g/mol. The van der Waals surface area contributed by atoms with Gasteiger partial charge in [-0.25, -0.2) is 9.97 Å². The van der Waals surface area contributed by atoms with Crippen molar-refractivity contribution in [2.45, 2.75) is 72.0 Å². The molecule has 2 unspecified atom stereocenters. The van der Waals surface area contributed by atoms with E-state index in [2.05, 4.69) is 61.1 Å². The van der Waals surface area contributed by atoms with Gasteiger partial charge in [-0.1, -0.05) is 26.0 Å². The Balaban J connectivity index is 1.53. The standard InChI is InChI=1S/C21H35N7/c1-6-20-15-26(5)13-17(4)28(20)21-22-10-18(11-23-21)8-7-9-19-14-27(25-24-19)12-16(2)3/h10-11,14,16-17,20H,6-9,12-13,15H2,1-5H3. The molecule has 154 valence electrons. The number of aryl methyl sites for hydroxylation is 2. The number of piperazine rings is 1. The maximum atomic E-state index is 4.70. The first-order valence-electron chi connectivity index (χ1n) is 10.6. The maximum Gasteiger partial charge on any atom is 0.225 e. The molecule has 0 aromatic carbocycles. The molecule has 0 amide bonds. The van der Waals surface area contributed by atoms with Gasteiger partial charge in [0.05, 0.1) is 5.69 Å². The van der Waals surface area contributed by atoms with Crippen molar-refractivity contribution in [1.29, 1.82) is 0 Å². The molecule has 1 aliphatic heterocycles. The molecule has 2 aromatic rings. The van der Waals surface area contributed by atoms with Crippen LogP contribution in [0.15, 0.2) is 18.6 Å². The van der Waals surface area contributed by atoms with E-state index in [1.807, 2.05) is 17.1 Å². The van der Waals surface area contributed by atoms with Crippen molar-refractivity contribution in [2.24, 2.45) is 5.92 Å². The average molecular weight is 386 g/mol. The highest BCUT2D eigenvalue weighted by molar-refractivity contribution is 5.35. The van der Waals surface area contributed by atoms with E-state index in [0.717, 1.165) is 57.0 Å². The van der Waals surface area contributed by atoms with E-state index in [-0.39, 0.29) is 0 Å². The molecule has 0 aliphatic carbocycles. The van der Waals surface area contributed by atoms with Gasteiger partial charge in [-0.15, -0.1) is 5.10 Å². The van der Waals surface area contributed by atoms with Crippen LogP contribution in [0.4, 0.5) is 5.95 Å². The second-order valence-electron chi connectivity index (χ2n) is 8.61. The second-order valence-corrected chi connectivity index (χ2v) is 8.61. The summed E-state index contributed by atoms with van der Waals surface area (Å²) in [6.45, 7) is 11.9. The van der Waals surface area contributed by atoms with E-state index in [9.17, 15) is 0 Å². The first kappa shape index (κ1) is 20.7. The lowest BCUT2D eigenvalue weighted by Crippen LogP contribution is -2.57. The van der Waals surface area contributed by atoms with Crippen LogP contribution < -0.4 is 4.90 Å². The second kappa shape index (κ2) is 9.45. The van der Waals surface area contributed by atoms with Crippen LogP contribution in [0.25, 0.3) is 0 Å². The normalized spacial score (nSPS) is 20.9. The highest BCUT2D eigenvalue weighted by Gasteiger charge is 2.31. The molecule has 0 saturated carbocycles. The number of rotatable bonds is 8. The van der Waals surface area contributed by atoms with Crippen LogP contribution in [0, 0.1) is 5.92 Å². The molecule has 28 heavy (non-hydrogen) atoms. The third-order valence-corrected chi connectivity index (χ3v) is 5.40. The molecule has 1 saturated heterocycles. The van der Waals surface area contributed by atoms with E-state index in [4.69, 9.17) is 9.97 Å². The first-order valence-corrected chi connectivity index (χ1v) is 10.6. The van der Waals surface area contributed by atoms with E-state index in [1.54, 1.807) is 0 Å². The number of hydrogen-bond donors (Lipinski definition) is 0. The summed E-state index contributed by atoms with van der Waals surface area (Å²) in [6.07, 6.45) is 10.1. The lowest BCUT2D eigenvalue weighted by Gasteiger charge is -2.44. The predicted octanol–water partition coefficient (Wildman–Crippen LogP) is 2.82. The van der Waals surface area contributed by atoms with Gasteiger partial charge < -0.3 is 9.80 Å². The molecule has 2 atom stereocenters. The zero-order chi connectivity index (χ0) is 20.1. The third-order valence-electron chi connectivity index (χ3n) is 5.40. The summed E-state index contributed by atoms with van der Waals surface area (Å²) in [5, 5.41) is 8.48. The fourth-order valence-corrected chi connectivity index (χ4v) is 4.11. The molecule has 7 heteroatoms. The minimum absolute atomic E-state index is 0.433. The van der Waals surface area contributed by atoms with Crippen molar-refractivity contribution in [3.05, 3.63) is 29.8 Å². The number of aromatic nitrogens is 5. The third kappa shape index (κ3) is 5.28. The highest BCUT2D eigenvalue weighted by Crippen LogP contribution is 2.22. The van der Waals surface area contributed by atoms with Gasteiger partial charge in [0.1, 0.15) is 0 Å². The van der Waals surface area contributed by atoms with Crippen LogP contribution in [0.5, 0.6) is 0 Å². The van der Waals surface area contributed by atoms with Gasteiger partial charge >= 0.3 is 0 Å². The SMILES string of the molecule is CCC1CN(C)CC(C)N1c1ncc(CCCc2cn(CC(C)C)nn2)cn1. The fraction of sp³-hybridized carbons (Fsp3) is 0.714. The van der Waals surface area contributed by atoms with Gasteiger partial charge in [-0.2, -0.15) is 0 Å². The molecule has 0 spiro atoms. The smallest absolute Gasteiger partial charge is 0.225 e. The van der Waals surface area contributed by atoms with Crippen LogP contribution in [0.3, 0.4) is 0 Å². The number of nitrogens with zero attached hydrogens (tertiary/aromatic N) is 7. The Bertz CT molecular complexity index is 725. The summed E-state index contributed by atoms with van der Waals surface area (Å²) in [6, 6.07) is 0.913. The highest BCUT2D eigenvalue weighted by atomic mass is 15.4. The lowest BCUT2D eigenvalue weighted by molar-refractivity contribution is 0.227. The Hall–Kier alpha value is -2.02. The zero-order valence-corrected chi connectivity index (χ0v) is 18.0. The topological polar surface area (TPSA) is 63.0 Å². The number of hydrogen-bond acceptors (Lipinski definition) is 6. The quantitative estimate of drug-likeness (QED) is 0.696. The molecule has 0 radical (unpaired) electrons. The molecule has 1 fully saturated rings. The fourth-order valence-electron chi connectivity index (χ4n) is 4.11. The molecular weight excluding hydrogens is 350 g/mol. The van der Waals surface area contributed by atoms with Crippen molar-refractivity contribution < 1.29 is 0 Å². The Morgan fingerprint density at radius 1 is 1.14 bits per heavy atom. The van der Waals surface area contributed by atoms with Gasteiger partial charge in [0.2, 0.25) is 5.95 Å². The van der Waals surface area contributed by atoms with Crippen LogP contribution in [-0.4, -0.2) is 62.1 Å². The molecule has 0 N–H and O–H groups in total. The summed E-state index contributed by atoms with van der Waals surface area (Å²) in [4.78, 5) is 14.2. The van der Waals surface area contributed by atoms with Crippen molar-refractivity contribution in [1.82, 2.24) is 29.9 Å². The lowest BCUT2D eigenvalue weighted by atomic mass is 10.1. The average Bonchev–Trinajstić information content (AvgIpc) is 3.08. The van der Waals surface area contributed by atoms with Crippen molar-refractivity contribution in [2.75, 3.05) is 25.0 Å². The summed E-state index contributed by atoms with van der Waals surface area (Å²) in [5.74, 6) is 1.45. The Labute approximate surface area is 169 Å². The largest absolute Gasteiger partial charge is 0.333 e. The molecule has 0 bridgehead atoms. The number of anilines is 1. The molecule has 2 aromatic heterocycles. The summed E-state index contributed by atoms with van der Waals surface area (Å²) < 4.78 is 1.94. The van der Waals surface area contributed by atoms with Crippen molar-refractivity contribution in [3.63, 3.8) is 0 Å². The van der Waals surface area contributed by atoms with Gasteiger partial charge in [0.15, 0.2) is 0 Å². The molecule has 7 nitrogen and oxygen atoms in total. The van der Waals surface area contributed by atoms with E-state index >= 15 is 0 Å². The van der Waals surface area contributed by atoms with Crippen molar-refractivity contribution >= 4 is 5.95 Å². The molecule has 3 heterocycles. The van der Waals surface area contributed by atoms with Crippen LogP contribution in [0.1, 0.15) is 51.8 Å². The molecule has 3 rings (SSSR count). The zero-order valence-electron chi connectivity index (χ0n) is 18.0. The Morgan fingerprint density at radius 2 is 1.89 bits per heavy atom. The minimum atomic E-state index is 0.433. The summed E-state index contributed by atoms with van der Waals surface area (Å²) in [7, 11) is 2.20. The van der Waals surface area contributed by atoms with Gasteiger partial charge in [0.25, 0.3) is 0 Å². The first-order chi connectivity index (χ1) is 13.5. The van der Waals surface area contributed by atoms with Gasteiger partial charge in [-0.3, -0.25) is 4.68 Å². The molecule has 1 aliphatic rings. The summed E-state index contributed by atoms with van der Waals surface area (Å²) in [5.41, 5.74) is 2.25. The van der Waals surface area contributed by atoms with Crippen molar-refractivity contribution in [3.8, 4) is 0 Å². The number of likely N-dealkylation sites (N-methyl/N-ethyl adjacent to an activating group) is 1. The van der Waals surface area contributed by atoms with Crippen LogP contribution in [-0.2, 0) is 19.4 Å². The van der Waals surface area contributed by atoms with E-state index in [0.29, 0.717) is 18.0 Å². The Morgan fingerprint density at radius 3 is 2.57 bits per heavy atom. The Kier molecular flexibility index (Phi) is 6.99. The van der Waals surface area contributed by atoms with E-state index < -0.39 is 0 Å². The van der Waals surface area contributed by atoms with Gasteiger partial charge in [-0.05, 0) is 51.1 Å². The van der Waals surface area contributed by atoms with Gasteiger partial charge in [0, 0.05) is 50.3 Å². The predicted molar refractivity (Wildman–Crippen MR) is 112 cm³/mol. The maximum absolute atomic E-state index is 4.70. The van der Waals surface area contributed by atoms with Crippen LogP contribution in [0.2, 0.25) is 0 Å². The van der Waals surface area contributed by atoms with E-state index in [1.165, 1.54) is 5.56 Å². The molecular formula is C21H35N7. The summed E-state index contributed by atoms with van der Waals surface area (Å²) >= 11 is 0. The van der Waals surface area contributed by atoms with Crippen LogP contribution >= 0.6 is 0 Å². The minimum Gasteiger partial charge on any atom is -0.333 e.